The Morgan fingerprint density at radius 3 is 2.15 bits per heavy atom. The van der Waals surface area contributed by atoms with E-state index in [1.165, 1.54) is 4.68 Å². The van der Waals surface area contributed by atoms with Crippen molar-refractivity contribution in [2.45, 2.75) is 25.9 Å². The highest BCUT2D eigenvalue weighted by atomic mass is 19.4. The van der Waals surface area contributed by atoms with Gasteiger partial charge in [-0.15, -0.1) is 0 Å². The molecule has 3 rings (SSSR count). The summed E-state index contributed by atoms with van der Waals surface area (Å²) in [7, 11) is 0. The zero-order valence-corrected chi connectivity index (χ0v) is 14.6. The maximum atomic E-state index is 13.2. The molecule has 0 aliphatic rings. The van der Waals surface area contributed by atoms with Gasteiger partial charge >= 0.3 is 6.18 Å². The number of nitrogens with two attached hydrogens (primary N) is 1. The third kappa shape index (κ3) is 4.19. The highest BCUT2D eigenvalue weighted by Crippen LogP contribution is 2.33. The lowest BCUT2D eigenvalue weighted by atomic mass is 10.1. The van der Waals surface area contributed by atoms with E-state index in [1.54, 1.807) is 36.4 Å². The Bertz CT molecular complexity index is 942. The fourth-order valence-electron chi connectivity index (χ4n) is 2.79. The first kappa shape index (κ1) is 18.7. The molecule has 0 spiro atoms. The largest absolute Gasteiger partial charge is 0.435 e. The quantitative estimate of drug-likeness (QED) is 0.730. The molecular weight excluding hydrogens is 355 g/mol. The number of halogens is 3. The predicted octanol–water partition coefficient (Wildman–Crippen LogP) is 4.15. The number of carbonyl (C=O) groups is 1. The van der Waals surface area contributed by atoms with E-state index in [9.17, 15) is 18.0 Å². The number of hydrogen-bond acceptors (Lipinski definition) is 2. The number of benzene rings is 2. The Labute approximate surface area is 154 Å². The van der Waals surface area contributed by atoms with Gasteiger partial charge in [0.2, 0.25) is 5.91 Å². The van der Waals surface area contributed by atoms with Crippen molar-refractivity contribution in [1.29, 1.82) is 0 Å². The first-order chi connectivity index (χ1) is 12.8. The monoisotopic (exact) mass is 373 g/mol. The van der Waals surface area contributed by atoms with Crippen LogP contribution in [-0.2, 0) is 23.8 Å². The second-order valence-electron chi connectivity index (χ2n) is 6.18. The van der Waals surface area contributed by atoms with Crippen LogP contribution in [0.15, 0.2) is 54.6 Å². The minimum atomic E-state index is -4.55. The highest BCUT2D eigenvalue weighted by Gasteiger charge is 2.35. The summed E-state index contributed by atoms with van der Waals surface area (Å²) in [4.78, 5) is 11.0. The summed E-state index contributed by atoms with van der Waals surface area (Å²) in [6.07, 6.45) is -3.64. The molecule has 2 N–H and O–H groups in total. The van der Waals surface area contributed by atoms with Gasteiger partial charge in [0.1, 0.15) is 0 Å². The number of aromatic nitrogens is 2. The third-order valence-electron chi connectivity index (χ3n) is 4.22. The Morgan fingerprint density at radius 1 is 1.04 bits per heavy atom. The number of amides is 1. The fourth-order valence-corrected chi connectivity index (χ4v) is 2.79. The molecule has 0 bridgehead atoms. The number of nitrogens with zero attached hydrogens (tertiary/aromatic N) is 2. The van der Waals surface area contributed by atoms with Crippen molar-refractivity contribution in [3.63, 3.8) is 0 Å². The van der Waals surface area contributed by atoms with E-state index in [-0.39, 0.29) is 6.42 Å². The van der Waals surface area contributed by atoms with Gasteiger partial charge in [-0.25, -0.2) is 4.68 Å². The molecule has 0 fully saturated rings. The average molecular weight is 373 g/mol. The Kier molecular flexibility index (Phi) is 5.03. The van der Waals surface area contributed by atoms with E-state index >= 15 is 0 Å². The number of rotatable bonds is 5. The van der Waals surface area contributed by atoms with Gasteiger partial charge in [0.25, 0.3) is 0 Å². The molecule has 1 heterocycles. The van der Waals surface area contributed by atoms with Crippen LogP contribution in [0.2, 0.25) is 0 Å². The van der Waals surface area contributed by atoms with Gasteiger partial charge in [0, 0.05) is 5.56 Å². The Balaban J connectivity index is 2.07. The normalized spacial score (nSPS) is 11.6. The van der Waals surface area contributed by atoms with E-state index in [0.29, 0.717) is 22.5 Å². The molecule has 4 nitrogen and oxygen atoms in total. The average Bonchev–Trinajstić information content (AvgIpc) is 3.08. The van der Waals surface area contributed by atoms with Gasteiger partial charge in [0.05, 0.1) is 17.8 Å². The second-order valence-corrected chi connectivity index (χ2v) is 6.18. The van der Waals surface area contributed by atoms with Crippen LogP contribution in [0.1, 0.15) is 23.7 Å². The van der Waals surface area contributed by atoms with Crippen molar-refractivity contribution in [3.8, 4) is 16.9 Å². The zero-order valence-electron chi connectivity index (χ0n) is 14.6. The molecular formula is C20H18F3N3O. The van der Waals surface area contributed by atoms with E-state index < -0.39 is 17.8 Å². The summed E-state index contributed by atoms with van der Waals surface area (Å²) in [6.45, 7) is 2.01. The molecule has 1 amide bonds. The van der Waals surface area contributed by atoms with Crippen LogP contribution >= 0.6 is 0 Å². The highest BCUT2D eigenvalue weighted by molar-refractivity contribution is 5.76. The molecule has 0 aliphatic carbocycles. The van der Waals surface area contributed by atoms with Gasteiger partial charge < -0.3 is 5.73 Å². The van der Waals surface area contributed by atoms with Gasteiger partial charge in [-0.05, 0) is 35.7 Å². The predicted molar refractivity (Wildman–Crippen MR) is 96.3 cm³/mol. The Hall–Kier alpha value is -3.09. The van der Waals surface area contributed by atoms with Crippen LogP contribution in [0.25, 0.3) is 16.9 Å². The smallest absolute Gasteiger partial charge is 0.369 e. The fraction of sp³-hybridized carbons (Fsp3) is 0.200. The van der Waals surface area contributed by atoms with Gasteiger partial charge in [0.15, 0.2) is 5.69 Å². The molecule has 0 radical (unpaired) electrons. The maximum Gasteiger partial charge on any atom is 0.435 e. The van der Waals surface area contributed by atoms with Crippen molar-refractivity contribution in [3.05, 3.63) is 71.4 Å². The van der Waals surface area contributed by atoms with Crippen LogP contribution in [0, 0.1) is 0 Å². The molecule has 3 aromatic rings. The number of alkyl halides is 3. The zero-order chi connectivity index (χ0) is 19.6. The molecule has 2 aromatic carbocycles. The molecule has 0 unspecified atom stereocenters. The van der Waals surface area contributed by atoms with Gasteiger partial charge in [-0.3, -0.25) is 4.79 Å². The van der Waals surface area contributed by atoms with Crippen molar-refractivity contribution < 1.29 is 18.0 Å². The number of primary amides is 1. The summed E-state index contributed by atoms with van der Waals surface area (Å²) < 4.78 is 40.9. The number of aryl methyl sites for hydroxylation is 1. The number of carbonyl (C=O) groups excluding carboxylic acids is 1. The summed E-state index contributed by atoms with van der Waals surface area (Å²) in [5, 5.41) is 3.76. The van der Waals surface area contributed by atoms with Crippen LogP contribution in [0.4, 0.5) is 13.2 Å². The molecule has 27 heavy (non-hydrogen) atoms. The molecule has 0 aliphatic heterocycles. The Morgan fingerprint density at radius 2 is 1.63 bits per heavy atom. The van der Waals surface area contributed by atoms with Crippen LogP contribution in [0.3, 0.4) is 0 Å². The second kappa shape index (κ2) is 7.26. The summed E-state index contributed by atoms with van der Waals surface area (Å²) in [6, 6.07) is 14.9. The SMILES string of the molecule is CCc1ccc(-c2cc(C(F)(F)F)nn2-c2ccc(CC(N)=O)cc2)cc1. The summed E-state index contributed by atoms with van der Waals surface area (Å²) in [5.41, 5.74) is 7.43. The van der Waals surface area contributed by atoms with E-state index in [0.717, 1.165) is 18.1 Å². The van der Waals surface area contributed by atoms with Crippen LogP contribution < -0.4 is 5.73 Å². The van der Waals surface area contributed by atoms with Gasteiger partial charge in [-0.2, -0.15) is 18.3 Å². The summed E-state index contributed by atoms with van der Waals surface area (Å²) in [5.74, 6) is -0.474. The van der Waals surface area contributed by atoms with Crippen LogP contribution in [-0.4, -0.2) is 15.7 Å². The molecule has 0 saturated heterocycles. The lowest BCUT2D eigenvalue weighted by molar-refractivity contribution is -0.141. The molecule has 0 saturated carbocycles. The number of hydrogen-bond donors (Lipinski definition) is 1. The lowest BCUT2D eigenvalue weighted by Gasteiger charge is -2.09. The first-order valence-electron chi connectivity index (χ1n) is 8.42. The summed E-state index contributed by atoms with van der Waals surface area (Å²) >= 11 is 0. The van der Waals surface area contributed by atoms with Gasteiger partial charge in [-0.1, -0.05) is 43.3 Å². The van der Waals surface area contributed by atoms with Crippen molar-refractivity contribution in [2.24, 2.45) is 5.73 Å². The van der Waals surface area contributed by atoms with E-state index in [2.05, 4.69) is 5.10 Å². The van der Waals surface area contributed by atoms with Crippen molar-refractivity contribution in [2.75, 3.05) is 0 Å². The van der Waals surface area contributed by atoms with Crippen molar-refractivity contribution >= 4 is 5.91 Å². The molecule has 0 atom stereocenters. The first-order valence-corrected chi connectivity index (χ1v) is 8.42. The van der Waals surface area contributed by atoms with Crippen molar-refractivity contribution in [1.82, 2.24) is 9.78 Å². The molecule has 7 heteroatoms. The molecule has 1 aromatic heterocycles. The minimum Gasteiger partial charge on any atom is -0.369 e. The van der Waals surface area contributed by atoms with Crippen LogP contribution in [0.5, 0.6) is 0 Å². The lowest BCUT2D eigenvalue weighted by Crippen LogP contribution is -2.13. The standard InChI is InChI=1S/C20H18F3N3O/c1-2-13-3-7-15(8-4-13)17-12-18(20(21,22)23)25-26(17)16-9-5-14(6-10-16)11-19(24)27/h3-10,12H,2,11H2,1H3,(H2,24,27). The van der Waals surface area contributed by atoms with E-state index in [4.69, 9.17) is 5.73 Å². The maximum absolute atomic E-state index is 13.2. The topological polar surface area (TPSA) is 60.9 Å². The van der Waals surface area contributed by atoms with E-state index in [1.807, 2.05) is 19.1 Å². The third-order valence-corrected chi connectivity index (χ3v) is 4.22. The minimum absolute atomic E-state index is 0.0680. The molecule has 140 valence electrons.